The van der Waals surface area contributed by atoms with Gasteiger partial charge in [0.05, 0.1) is 25.7 Å². The highest BCUT2D eigenvalue weighted by Crippen LogP contribution is 2.19. The summed E-state index contributed by atoms with van der Waals surface area (Å²) in [5.41, 5.74) is 18.8. The summed E-state index contributed by atoms with van der Waals surface area (Å²) < 4.78 is 0. The Bertz CT molecular complexity index is 2380. The minimum absolute atomic E-state index is 0.0200. The Morgan fingerprint density at radius 3 is 1.78 bits per heavy atom. The summed E-state index contributed by atoms with van der Waals surface area (Å²) in [6.07, 6.45) is 0.653. The number of aliphatic hydroxyl groups excluding tert-OH is 1. The molecule has 3 aromatic rings. The van der Waals surface area contributed by atoms with Gasteiger partial charge in [-0.25, -0.2) is 4.79 Å². The van der Waals surface area contributed by atoms with Gasteiger partial charge in [-0.2, -0.15) is 0 Å². The number of rotatable bonds is 32. The SMILES string of the molecule is C[C@H](NC(=O)CNC(=O)[C@H](Cc1c[nH]c2ccccc12)NC(=O)[C@H](CO)NC(=O)[C@@H](N)Cc1ccccc1)C(=O)N[C@@H](CCC(=O)O)C(=O)NCC(=O)N[C@@H](CCC(N)=O)C(=O)N[C@@H](CCCCN)C(=O)O. The Morgan fingerprint density at radius 2 is 1.15 bits per heavy atom. The van der Waals surface area contributed by atoms with E-state index in [1.807, 2.05) is 0 Å². The topological polar surface area (TPSA) is 439 Å². The first-order valence-corrected chi connectivity index (χ1v) is 23.0. The molecule has 0 saturated carbocycles. The highest BCUT2D eigenvalue weighted by Gasteiger charge is 2.31. The third-order valence-corrected chi connectivity index (χ3v) is 11.0. The molecule has 18 N–H and O–H groups in total. The molecule has 0 bridgehead atoms. The van der Waals surface area contributed by atoms with Gasteiger partial charge in [0.1, 0.15) is 36.3 Å². The molecule has 0 spiro atoms. The molecule has 0 aliphatic rings. The van der Waals surface area contributed by atoms with Crippen molar-refractivity contribution in [3.8, 4) is 0 Å². The Labute approximate surface area is 413 Å². The molecule has 1 aromatic heterocycles. The lowest BCUT2D eigenvalue weighted by molar-refractivity contribution is -0.142. The number of aliphatic hydroxyl groups is 1. The first kappa shape index (κ1) is 58.3. The molecule has 0 aliphatic heterocycles. The third-order valence-electron chi connectivity index (χ3n) is 11.0. The van der Waals surface area contributed by atoms with Crippen LogP contribution < -0.4 is 59.7 Å². The number of para-hydroxylation sites is 1. The van der Waals surface area contributed by atoms with Crippen LogP contribution in [0.3, 0.4) is 0 Å². The zero-order chi connectivity index (χ0) is 53.3. The minimum atomic E-state index is -1.58. The molecule has 0 aliphatic carbocycles. The first-order chi connectivity index (χ1) is 34.2. The maximum atomic E-state index is 13.7. The van der Waals surface area contributed by atoms with Crippen molar-refractivity contribution in [2.24, 2.45) is 17.2 Å². The predicted octanol–water partition coefficient (Wildman–Crippen LogP) is -4.22. The number of hydrogen-bond acceptors (Lipinski definition) is 14. The van der Waals surface area contributed by atoms with Crippen molar-refractivity contribution < 1.29 is 68.1 Å². The van der Waals surface area contributed by atoms with Gasteiger partial charge in [-0.05, 0) is 69.2 Å². The lowest BCUT2D eigenvalue weighted by atomic mass is 10.0. The number of nitrogens with two attached hydrogens (primary N) is 3. The largest absolute Gasteiger partial charge is 0.481 e. The molecule has 9 amide bonds. The van der Waals surface area contributed by atoms with E-state index in [4.69, 9.17) is 17.2 Å². The molecule has 26 nitrogen and oxygen atoms in total. The van der Waals surface area contributed by atoms with E-state index in [0.717, 1.165) is 11.1 Å². The number of H-pyrrole nitrogens is 1. The molecule has 0 saturated heterocycles. The van der Waals surface area contributed by atoms with Crippen LogP contribution in [-0.4, -0.2) is 154 Å². The van der Waals surface area contributed by atoms with E-state index < -0.39 is 140 Å². The van der Waals surface area contributed by atoms with Crippen molar-refractivity contribution in [3.05, 3.63) is 71.9 Å². The minimum Gasteiger partial charge on any atom is -0.481 e. The summed E-state index contributed by atoms with van der Waals surface area (Å²) in [6.45, 7) is -0.929. The Hall–Kier alpha value is -7.97. The number of carboxylic acids is 2. The summed E-state index contributed by atoms with van der Waals surface area (Å²) in [5, 5.41) is 48.4. The highest BCUT2D eigenvalue weighted by molar-refractivity contribution is 5.97. The van der Waals surface area contributed by atoms with Crippen LogP contribution in [0.25, 0.3) is 10.9 Å². The maximum absolute atomic E-state index is 13.7. The number of amides is 9. The molecule has 0 radical (unpaired) electrons. The van der Waals surface area contributed by atoms with Crippen LogP contribution in [0.5, 0.6) is 0 Å². The zero-order valence-corrected chi connectivity index (χ0v) is 39.6. The number of carboxylic acid groups (broad SMARTS) is 2. The van der Waals surface area contributed by atoms with Gasteiger partial charge < -0.3 is 80.0 Å². The summed E-state index contributed by atoms with van der Waals surface area (Å²) in [7, 11) is 0. The van der Waals surface area contributed by atoms with Gasteiger partial charge in [0.15, 0.2) is 0 Å². The van der Waals surface area contributed by atoms with Crippen molar-refractivity contribution in [1.82, 2.24) is 47.5 Å². The average molecular weight is 1010 g/mol. The molecule has 3 rings (SSSR count). The van der Waals surface area contributed by atoms with Gasteiger partial charge in [0, 0.05) is 36.4 Å². The summed E-state index contributed by atoms with van der Waals surface area (Å²) >= 11 is 0. The molecule has 0 fully saturated rings. The lowest BCUT2D eigenvalue weighted by Gasteiger charge is -2.23. The number of unbranched alkanes of at least 4 members (excludes halogenated alkanes) is 1. The standard InChI is InChI=1S/C46H64N12O14/c1-25(40(65)55-31(15-17-39(63)64)42(67)51-23-38(62)54-32(14-16-36(49)60)44(69)56-33(46(71)72)13-7-8-18-47)53-37(61)22-52-43(68)34(20-27-21-50-30-12-6-5-11-28(27)30)57-45(70)35(24-59)58-41(66)29(48)19-26-9-3-2-4-10-26/h2-6,9-12,21,25,29,31-35,50,59H,7-8,13-20,22-24,47-48H2,1H3,(H2,49,60)(H,51,67)(H,52,68)(H,53,61)(H,54,62)(H,55,65)(H,56,69)(H,57,70)(H,58,66)(H,63,64)(H,71,72)/t25-,29-,31-,32-,33-,34-,35-/m0/s1. The third kappa shape index (κ3) is 20.2. The van der Waals surface area contributed by atoms with Crippen LogP contribution >= 0.6 is 0 Å². The number of aliphatic carboxylic acids is 2. The molecular weight excluding hydrogens is 945 g/mol. The second-order valence-corrected chi connectivity index (χ2v) is 16.7. The highest BCUT2D eigenvalue weighted by atomic mass is 16.4. The van der Waals surface area contributed by atoms with Crippen LogP contribution in [0.4, 0.5) is 0 Å². The van der Waals surface area contributed by atoms with Crippen LogP contribution in [0, 0.1) is 0 Å². The van der Waals surface area contributed by atoms with E-state index in [-0.39, 0.29) is 38.6 Å². The van der Waals surface area contributed by atoms with Crippen molar-refractivity contribution in [2.45, 2.75) is 107 Å². The van der Waals surface area contributed by atoms with E-state index in [1.54, 1.807) is 60.8 Å². The van der Waals surface area contributed by atoms with Gasteiger partial charge in [-0.3, -0.25) is 47.9 Å². The Balaban J connectivity index is 1.64. The lowest BCUT2D eigenvalue weighted by Crippen LogP contribution is -2.58. The Kier molecular flexibility index (Phi) is 24.2. The van der Waals surface area contributed by atoms with E-state index in [9.17, 15) is 68.1 Å². The van der Waals surface area contributed by atoms with Gasteiger partial charge in [-0.15, -0.1) is 0 Å². The molecular formula is C46H64N12O14. The molecule has 1 heterocycles. The monoisotopic (exact) mass is 1010 g/mol. The van der Waals surface area contributed by atoms with Gasteiger partial charge in [0.2, 0.25) is 53.2 Å². The molecule has 72 heavy (non-hydrogen) atoms. The van der Waals surface area contributed by atoms with E-state index in [1.165, 1.54) is 6.92 Å². The summed E-state index contributed by atoms with van der Waals surface area (Å²) in [4.78, 5) is 143. The van der Waals surface area contributed by atoms with E-state index in [0.29, 0.717) is 23.8 Å². The average Bonchev–Trinajstić information content (AvgIpc) is 3.75. The number of fused-ring (bicyclic) bond motifs is 1. The fourth-order valence-corrected chi connectivity index (χ4v) is 7.03. The van der Waals surface area contributed by atoms with Crippen molar-refractivity contribution in [2.75, 3.05) is 26.2 Å². The number of benzene rings is 2. The number of carbonyl (C=O) groups excluding carboxylic acids is 9. The quantitative estimate of drug-likeness (QED) is 0.0264. The molecule has 7 atom stereocenters. The number of nitrogens with one attached hydrogen (secondary N) is 9. The fraction of sp³-hybridized carbons (Fsp3) is 0.457. The summed E-state index contributed by atoms with van der Waals surface area (Å²) in [6, 6.07) is 6.16. The van der Waals surface area contributed by atoms with Crippen LogP contribution in [-0.2, 0) is 65.6 Å². The number of carbonyl (C=O) groups is 11. The van der Waals surface area contributed by atoms with Crippen LogP contribution in [0.1, 0.15) is 63.0 Å². The second kappa shape index (κ2) is 29.9. The van der Waals surface area contributed by atoms with E-state index in [2.05, 4.69) is 47.5 Å². The molecule has 26 heteroatoms. The first-order valence-electron chi connectivity index (χ1n) is 23.0. The smallest absolute Gasteiger partial charge is 0.326 e. The normalized spacial score (nSPS) is 13.8. The van der Waals surface area contributed by atoms with Crippen molar-refractivity contribution in [3.63, 3.8) is 0 Å². The number of hydrogen-bond donors (Lipinski definition) is 15. The fourth-order valence-electron chi connectivity index (χ4n) is 7.03. The van der Waals surface area contributed by atoms with Crippen molar-refractivity contribution >= 4 is 76.0 Å². The number of aromatic nitrogens is 1. The Morgan fingerprint density at radius 1 is 0.597 bits per heavy atom. The van der Waals surface area contributed by atoms with Gasteiger partial charge >= 0.3 is 11.9 Å². The molecule has 392 valence electrons. The maximum Gasteiger partial charge on any atom is 0.326 e. The van der Waals surface area contributed by atoms with Crippen LogP contribution in [0.2, 0.25) is 0 Å². The zero-order valence-electron chi connectivity index (χ0n) is 39.6. The van der Waals surface area contributed by atoms with Crippen LogP contribution in [0.15, 0.2) is 60.8 Å². The predicted molar refractivity (Wildman–Crippen MR) is 256 cm³/mol. The molecule has 0 unspecified atom stereocenters. The summed E-state index contributed by atoms with van der Waals surface area (Å²) in [5.74, 6) is -11.0. The van der Waals surface area contributed by atoms with Gasteiger partial charge in [0.25, 0.3) is 0 Å². The molecule has 2 aromatic carbocycles. The number of primary amides is 1. The second-order valence-electron chi connectivity index (χ2n) is 16.7. The van der Waals surface area contributed by atoms with Gasteiger partial charge in [-0.1, -0.05) is 48.5 Å². The number of aromatic amines is 1. The van der Waals surface area contributed by atoms with E-state index >= 15 is 0 Å². The van der Waals surface area contributed by atoms with Crippen molar-refractivity contribution in [1.29, 1.82) is 0 Å².